The van der Waals surface area contributed by atoms with E-state index in [0.29, 0.717) is 0 Å². The van der Waals surface area contributed by atoms with E-state index < -0.39 is 0 Å². The molecule has 2 aromatic carbocycles. The van der Waals surface area contributed by atoms with Crippen molar-refractivity contribution in [3.05, 3.63) is 48.0 Å². The van der Waals surface area contributed by atoms with Crippen LogP contribution in [0.2, 0.25) is 0 Å². The van der Waals surface area contributed by atoms with Gasteiger partial charge >= 0.3 is 0 Å². The number of methoxy groups -OCH3 is 1. The van der Waals surface area contributed by atoms with E-state index in [1.54, 1.807) is 13.2 Å². The Morgan fingerprint density at radius 3 is 2.61 bits per heavy atom. The van der Waals surface area contributed by atoms with Crippen molar-refractivity contribution in [1.82, 2.24) is 0 Å². The van der Waals surface area contributed by atoms with Crippen molar-refractivity contribution in [3.63, 3.8) is 0 Å². The van der Waals surface area contributed by atoms with Crippen molar-refractivity contribution in [2.75, 3.05) is 7.11 Å². The van der Waals surface area contributed by atoms with Crippen LogP contribution in [0.5, 0.6) is 5.75 Å². The summed E-state index contributed by atoms with van der Waals surface area (Å²) in [6.45, 7) is 0. The number of carbonyl (C=O) groups excluding carboxylic acids is 1. The molecule has 0 heterocycles. The van der Waals surface area contributed by atoms with Gasteiger partial charge < -0.3 is 10.5 Å². The summed E-state index contributed by atoms with van der Waals surface area (Å²) in [5.74, 6) is 0.515. The average molecular weight is 241 g/mol. The monoisotopic (exact) mass is 241 g/mol. The number of primary amides is 1. The lowest BCUT2D eigenvalue weighted by Crippen LogP contribution is -2.07. The Labute approximate surface area is 106 Å². The van der Waals surface area contributed by atoms with Gasteiger partial charge in [-0.2, -0.15) is 0 Å². The lowest BCUT2D eigenvalue weighted by Gasteiger charge is -2.07. The van der Waals surface area contributed by atoms with Gasteiger partial charge in [0.1, 0.15) is 5.75 Å². The van der Waals surface area contributed by atoms with Crippen LogP contribution in [-0.4, -0.2) is 13.0 Å². The molecule has 0 aromatic heterocycles. The van der Waals surface area contributed by atoms with Crippen LogP contribution >= 0.6 is 0 Å². The summed E-state index contributed by atoms with van der Waals surface area (Å²) in [5.41, 5.74) is 6.15. The highest BCUT2D eigenvalue weighted by molar-refractivity contribution is 5.95. The highest BCUT2D eigenvalue weighted by atomic mass is 16.5. The zero-order chi connectivity index (χ0) is 13.0. The molecule has 0 aliphatic carbocycles. The van der Waals surface area contributed by atoms with Gasteiger partial charge in [0, 0.05) is 11.8 Å². The highest BCUT2D eigenvalue weighted by Crippen LogP contribution is 2.28. The predicted octanol–water partition coefficient (Wildman–Crippen LogP) is 2.74. The Bertz CT molecular complexity index is 602. The quantitative estimate of drug-likeness (QED) is 0.894. The highest BCUT2D eigenvalue weighted by Gasteiger charge is 2.03. The van der Waals surface area contributed by atoms with E-state index in [1.807, 2.05) is 42.5 Å². The summed E-state index contributed by atoms with van der Waals surface area (Å²) in [4.78, 5) is 10.7. The number of amides is 1. The minimum atomic E-state index is -0.330. The van der Waals surface area contributed by atoms with E-state index in [0.717, 1.165) is 22.1 Å². The van der Waals surface area contributed by atoms with Crippen LogP contribution in [0.25, 0.3) is 16.8 Å². The van der Waals surface area contributed by atoms with Gasteiger partial charge in [-0.1, -0.05) is 42.5 Å². The lowest BCUT2D eigenvalue weighted by atomic mass is 10.0. The minimum Gasteiger partial charge on any atom is -0.496 e. The smallest absolute Gasteiger partial charge is 0.221 e. The maximum absolute atomic E-state index is 10.7. The van der Waals surface area contributed by atoms with Gasteiger partial charge in [0.25, 0.3) is 0 Å². The third kappa shape index (κ3) is 2.51. The molecule has 0 bridgehead atoms. The van der Waals surface area contributed by atoms with Gasteiger partial charge in [-0.25, -0.2) is 0 Å². The van der Waals surface area contributed by atoms with Gasteiger partial charge in [-0.3, -0.25) is 4.79 Å². The molecule has 0 aliphatic rings. The number of fused-ring (bicyclic) bond motifs is 1. The fourth-order valence-corrected chi connectivity index (χ4v) is 1.92. The molecule has 3 heteroatoms. The Hall–Kier alpha value is -2.29. The van der Waals surface area contributed by atoms with E-state index >= 15 is 0 Å². The number of rotatable bonds is 4. The van der Waals surface area contributed by atoms with Crippen LogP contribution in [0.1, 0.15) is 12.0 Å². The van der Waals surface area contributed by atoms with Crippen molar-refractivity contribution in [3.8, 4) is 5.75 Å². The molecule has 0 atom stereocenters. The zero-order valence-corrected chi connectivity index (χ0v) is 10.2. The van der Waals surface area contributed by atoms with Gasteiger partial charge in [-0.15, -0.1) is 0 Å². The van der Waals surface area contributed by atoms with Crippen LogP contribution in [0.15, 0.2) is 42.5 Å². The van der Waals surface area contributed by atoms with E-state index in [1.165, 1.54) is 0 Å². The number of benzene rings is 2. The summed E-state index contributed by atoms with van der Waals surface area (Å²) < 4.78 is 5.33. The molecular formula is C15H15NO2. The summed E-state index contributed by atoms with van der Waals surface area (Å²) >= 11 is 0. The van der Waals surface area contributed by atoms with Crippen LogP contribution in [0, 0.1) is 0 Å². The zero-order valence-electron chi connectivity index (χ0n) is 10.2. The van der Waals surface area contributed by atoms with E-state index in [-0.39, 0.29) is 12.3 Å². The average Bonchev–Trinajstić information content (AvgIpc) is 2.38. The first-order valence-electron chi connectivity index (χ1n) is 5.73. The summed E-state index contributed by atoms with van der Waals surface area (Å²) in [6, 6.07) is 11.9. The molecule has 0 spiro atoms. The molecule has 18 heavy (non-hydrogen) atoms. The minimum absolute atomic E-state index is 0.250. The third-order valence-corrected chi connectivity index (χ3v) is 2.75. The maximum Gasteiger partial charge on any atom is 0.221 e. The second-order valence-corrected chi connectivity index (χ2v) is 3.98. The molecule has 1 amide bonds. The standard InChI is InChI=1S/C15H15NO2/c1-18-14-10-9-11(5-4-8-15(16)17)12-6-2-3-7-13(12)14/h2-7,9-10H,8H2,1H3,(H2,16,17). The molecule has 0 unspecified atom stereocenters. The Balaban J connectivity index is 2.46. The number of hydrogen-bond acceptors (Lipinski definition) is 2. The maximum atomic E-state index is 10.7. The first-order chi connectivity index (χ1) is 8.72. The van der Waals surface area contributed by atoms with Gasteiger partial charge in [0.2, 0.25) is 5.91 Å². The van der Waals surface area contributed by atoms with E-state index in [2.05, 4.69) is 0 Å². The fraction of sp³-hybridized carbons (Fsp3) is 0.133. The predicted molar refractivity (Wildman–Crippen MR) is 73.3 cm³/mol. The van der Waals surface area contributed by atoms with Gasteiger partial charge in [0.15, 0.2) is 0 Å². The van der Waals surface area contributed by atoms with Crippen molar-refractivity contribution in [2.24, 2.45) is 5.73 Å². The molecule has 0 saturated heterocycles. The molecule has 2 rings (SSSR count). The molecule has 92 valence electrons. The molecule has 0 fully saturated rings. The van der Waals surface area contributed by atoms with Crippen molar-refractivity contribution in [1.29, 1.82) is 0 Å². The topological polar surface area (TPSA) is 52.3 Å². The molecule has 0 saturated carbocycles. The Morgan fingerprint density at radius 2 is 1.94 bits per heavy atom. The largest absolute Gasteiger partial charge is 0.496 e. The van der Waals surface area contributed by atoms with Gasteiger partial charge in [-0.05, 0) is 17.0 Å². The van der Waals surface area contributed by atoms with Crippen molar-refractivity contribution >= 4 is 22.8 Å². The molecule has 0 radical (unpaired) electrons. The molecule has 2 N–H and O–H groups in total. The molecule has 0 aliphatic heterocycles. The molecule has 3 nitrogen and oxygen atoms in total. The number of hydrogen-bond donors (Lipinski definition) is 1. The summed E-state index contributed by atoms with van der Waals surface area (Å²) in [7, 11) is 1.66. The van der Waals surface area contributed by atoms with Crippen molar-refractivity contribution < 1.29 is 9.53 Å². The fourth-order valence-electron chi connectivity index (χ4n) is 1.92. The lowest BCUT2D eigenvalue weighted by molar-refractivity contribution is -0.117. The first kappa shape index (κ1) is 12.2. The second kappa shape index (κ2) is 5.36. The SMILES string of the molecule is COc1ccc(C=CCC(N)=O)c2ccccc12. The Kier molecular flexibility index (Phi) is 3.63. The number of ether oxygens (including phenoxy) is 1. The van der Waals surface area contributed by atoms with Gasteiger partial charge in [0.05, 0.1) is 7.11 Å². The second-order valence-electron chi connectivity index (χ2n) is 3.98. The number of carbonyl (C=O) groups is 1. The number of nitrogens with two attached hydrogens (primary N) is 1. The molecular weight excluding hydrogens is 226 g/mol. The third-order valence-electron chi connectivity index (χ3n) is 2.75. The first-order valence-corrected chi connectivity index (χ1v) is 5.73. The van der Waals surface area contributed by atoms with Crippen LogP contribution in [0.3, 0.4) is 0 Å². The van der Waals surface area contributed by atoms with E-state index in [9.17, 15) is 4.79 Å². The van der Waals surface area contributed by atoms with Crippen molar-refractivity contribution in [2.45, 2.75) is 6.42 Å². The van der Waals surface area contributed by atoms with Crippen LogP contribution < -0.4 is 10.5 Å². The Morgan fingerprint density at radius 1 is 1.22 bits per heavy atom. The van der Waals surface area contributed by atoms with Crippen LogP contribution in [-0.2, 0) is 4.79 Å². The normalized spacial score (nSPS) is 10.9. The van der Waals surface area contributed by atoms with E-state index in [4.69, 9.17) is 10.5 Å². The summed E-state index contributed by atoms with van der Waals surface area (Å²) in [5, 5.41) is 2.15. The van der Waals surface area contributed by atoms with Crippen LogP contribution in [0.4, 0.5) is 0 Å². The molecule has 2 aromatic rings. The summed E-state index contributed by atoms with van der Waals surface area (Å²) in [6.07, 6.45) is 3.93.